The lowest BCUT2D eigenvalue weighted by atomic mass is 9.98. The Morgan fingerprint density at radius 2 is 1.80 bits per heavy atom. The minimum atomic E-state index is -4.07. The molecule has 2 bridgehead atoms. The van der Waals surface area contributed by atoms with Crippen molar-refractivity contribution in [3.05, 3.63) is 58.6 Å². The minimum absolute atomic E-state index is 0.140. The topological polar surface area (TPSA) is 62.3 Å². The molecule has 2 unspecified atom stereocenters. The van der Waals surface area contributed by atoms with Gasteiger partial charge in [-0.2, -0.15) is 8.78 Å². The Bertz CT molecular complexity index is 985. The van der Waals surface area contributed by atoms with Crippen LogP contribution >= 0.6 is 11.6 Å². The number of carbonyl (C=O) groups is 2. The van der Waals surface area contributed by atoms with E-state index in [0.717, 1.165) is 24.6 Å². The molecule has 2 fully saturated rings. The second-order valence-corrected chi connectivity index (χ2v) is 8.01. The van der Waals surface area contributed by atoms with Crippen LogP contribution in [0.15, 0.2) is 36.5 Å². The third-order valence-electron chi connectivity index (χ3n) is 5.75. The molecule has 30 heavy (non-hydrogen) atoms. The highest BCUT2D eigenvalue weighted by Crippen LogP contribution is 2.41. The van der Waals surface area contributed by atoms with E-state index in [9.17, 15) is 14.0 Å². The molecule has 0 spiro atoms. The number of carbonyl (C=O) groups excluding carboxylic acids is 2. The van der Waals surface area contributed by atoms with Crippen LogP contribution < -0.4 is 5.32 Å². The second-order valence-electron chi connectivity index (χ2n) is 7.62. The first-order valence-electron chi connectivity index (χ1n) is 9.71. The number of pyridine rings is 1. The maximum Gasteiger partial charge on any atom is 0.352 e. The van der Waals surface area contributed by atoms with E-state index >= 15 is 8.78 Å². The van der Waals surface area contributed by atoms with E-state index in [-0.39, 0.29) is 22.8 Å². The Hall–Kier alpha value is -2.61. The van der Waals surface area contributed by atoms with E-state index in [0.29, 0.717) is 31.4 Å². The predicted molar refractivity (Wildman–Crippen MR) is 105 cm³/mol. The number of fused-ring (bicyclic) bond motifs is 2. The van der Waals surface area contributed by atoms with Crippen molar-refractivity contribution in [1.82, 2.24) is 9.88 Å². The van der Waals surface area contributed by atoms with Crippen molar-refractivity contribution in [3.63, 3.8) is 0 Å². The molecular formula is C21H19ClF3N3O2. The fourth-order valence-electron chi connectivity index (χ4n) is 4.32. The first kappa shape index (κ1) is 20.7. The first-order valence-corrected chi connectivity index (χ1v) is 10.1. The number of anilines is 1. The van der Waals surface area contributed by atoms with Gasteiger partial charge in [0, 0.05) is 29.5 Å². The molecule has 2 aliphatic rings. The number of alkyl halides is 2. The van der Waals surface area contributed by atoms with E-state index in [1.807, 2.05) is 0 Å². The molecule has 2 saturated heterocycles. The number of nitrogens with zero attached hydrogens (tertiary/aromatic N) is 2. The van der Waals surface area contributed by atoms with Crippen molar-refractivity contribution >= 4 is 29.1 Å². The van der Waals surface area contributed by atoms with Crippen LogP contribution in [-0.4, -0.2) is 33.8 Å². The van der Waals surface area contributed by atoms with Gasteiger partial charge < -0.3 is 10.2 Å². The van der Waals surface area contributed by atoms with Gasteiger partial charge in [0.05, 0.1) is 5.56 Å². The van der Waals surface area contributed by atoms with Gasteiger partial charge in [-0.3, -0.25) is 9.59 Å². The van der Waals surface area contributed by atoms with Crippen molar-refractivity contribution in [1.29, 1.82) is 0 Å². The van der Waals surface area contributed by atoms with E-state index in [2.05, 4.69) is 10.3 Å². The van der Waals surface area contributed by atoms with Gasteiger partial charge in [-0.05, 0) is 62.4 Å². The summed E-state index contributed by atoms with van der Waals surface area (Å²) in [6.45, 7) is 0. The Kier molecular flexibility index (Phi) is 5.44. The number of hydrogen-bond donors (Lipinski definition) is 1. The molecular weight excluding hydrogens is 419 g/mol. The van der Waals surface area contributed by atoms with Gasteiger partial charge >= 0.3 is 5.92 Å². The number of halogens is 4. The van der Waals surface area contributed by atoms with Crippen LogP contribution in [0.25, 0.3) is 0 Å². The number of aromatic nitrogens is 1. The number of piperidine rings is 1. The van der Waals surface area contributed by atoms with Crippen molar-refractivity contribution in [3.8, 4) is 0 Å². The van der Waals surface area contributed by atoms with Crippen molar-refractivity contribution in [2.24, 2.45) is 0 Å². The lowest BCUT2D eigenvalue weighted by Crippen LogP contribution is -2.50. The van der Waals surface area contributed by atoms with Crippen LogP contribution in [0.2, 0.25) is 5.15 Å². The summed E-state index contributed by atoms with van der Waals surface area (Å²) < 4.78 is 44.5. The number of benzene rings is 1. The van der Waals surface area contributed by atoms with Gasteiger partial charge in [-0.15, -0.1) is 0 Å². The Labute approximate surface area is 176 Å². The summed E-state index contributed by atoms with van der Waals surface area (Å²) in [5.74, 6) is -7.44. The smallest absolute Gasteiger partial charge is 0.331 e. The molecule has 0 saturated carbocycles. The standard InChI is InChI=1S/C21H19ClF3N3O2/c22-18-11-13(8-9-26-18)27-19(29)12-4-7-17(23)16(10-12)21(24,25)20(30)28-14-2-1-3-15(28)6-5-14/h4,7-11,14-15H,1-3,5-6H2,(H,26,27,29). The van der Waals surface area contributed by atoms with Gasteiger partial charge in [0.1, 0.15) is 11.0 Å². The minimum Gasteiger partial charge on any atom is -0.331 e. The summed E-state index contributed by atoms with van der Waals surface area (Å²) in [4.78, 5) is 30.2. The number of rotatable bonds is 4. The molecule has 4 rings (SSSR count). The zero-order valence-corrected chi connectivity index (χ0v) is 16.6. The quantitative estimate of drug-likeness (QED) is 0.701. The van der Waals surface area contributed by atoms with Gasteiger partial charge in [-0.1, -0.05) is 11.6 Å². The van der Waals surface area contributed by atoms with Crippen molar-refractivity contribution in [2.45, 2.75) is 50.1 Å². The zero-order chi connectivity index (χ0) is 21.5. The molecule has 0 aliphatic carbocycles. The molecule has 2 amide bonds. The van der Waals surface area contributed by atoms with E-state index in [1.165, 1.54) is 23.2 Å². The first-order chi connectivity index (χ1) is 14.3. The lowest BCUT2D eigenvalue weighted by Gasteiger charge is -2.37. The fourth-order valence-corrected chi connectivity index (χ4v) is 4.49. The molecule has 2 aliphatic heterocycles. The molecule has 2 atom stereocenters. The molecule has 0 radical (unpaired) electrons. The maximum atomic E-state index is 15.1. The molecule has 5 nitrogen and oxygen atoms in total. The fraction of sp³-hybridized carbons (Fsp3) is 0.381. The van der Waals surface area contributed by atoms with Crippen LogP contribution in [0, 0.1) is 5.82 Å². The Balaban J connectivity index is 1.60. The zero-order valence-electron chi connectivity index (χ0n) is 15.9. The third-order valence-corrected chi connectivity index (χ3v) is 5.96. The number of amides is 2. The van der Waals surface area contributed by atoms with Crippen LogP contribution in [0.5, 0.6) is 0 Å². The average Bonchev–Trinajstić information content (AvgIpc) is 2.95. The van der Waals surface area contributed by atoms with E-state index < -0.39 is 29.1 Å². The van der Waals surface area contributed by atoms with Crippen LogP contribution in [0.3, 0.4) is 0 Å². The summed E-state index contributed by atoms with van der Waals surface area (Å²) in [6.07, 6.45) is 4.99. The summed E-state index contributed by atoms with van der Waals surface area (Å²) in [7, 11) is 0. The van der Waals surface area contributed by atoms with Gasteiger partial charge in [-0.25, -0.2) is 9.37 Å². The van der Waals surface area contributed by atoms with Crippen LogP contribution in [0.4, 0.5) is 18.9 Å². The van der Waals surface area contributed by atoms with Gasteiger partial charge in [0.2, 0.25) is 0 Å². The van der Waals surface area contributed by atoms with Gasteiger partial charge in [0.15, 0.2) is 0 Å². The molecule has 2 aromatic rings. The van der Waals surface area contributed by atoms with Crippen molar-refractivity contribution < 1.29 is 22.8 Å². The third kappa shape index (κ3) is 3.76. The highest BCUT2D eigenvalue weighted by molar-refractivity contribution is 6.29. The second kappa shape index (κ2) is 7.91. The lowest BCUT2D eigenvalue weighted by molar-refractivity contribution is -0.164. The highest BCUT2D eigenvalue weighted by Gasteiger charge is 2.52. The SMILES string of the molecule is O=C(Nc1ccnc(Cl)c1)c1ccc(F)c(C(F)(F)C(=O)N2C3CCCC2CC3)c1. The predicted octanol–water partition coefficient (Wildman–Crippen LogP) is 4.76. The van der Waals surface area contributed by atoms with Crippen LogP contribution in [0.1, 0.15) is 48.0 Å². The molecule has 1 N–H and O–H groups in total. The molecule has 1 aromatic heterocycles. The molecule has 158 valence electrons. The summed E-state index contributed by atoms with van der Waals surface area (Å²) in [6, 6.07) is 4.99. The molecule has 9 heteroatoms. The average molecular weight is 438 g/mol. The summed E-state index contributed by atoms with van der Waals surface area (Å²) >= 11 is 5.76. The maximum absolute atomic E-state index is 15.1. The van der Waals surface area contributed by atoms with E-state index in [4.69, 9.17) is 11.6 Å². The van der Waals surface area contributed by atoms with Crippen molar-refractivity contribution in [2.75, 3.05) is 5.32 Å². The Morgan fingerprint density at radius 1 is 1.10 bits per heavy atom. The summed E-state index contributed by atoms with van der Waals surface area (Å²) in [5.41, 5.74) is -0.995. The Morgan fingerprint density at radius 3 is 2.47 bits per heavy atom. The van der Waals surface area contributed by atoms with Crippen LogP contribution in [-0.2, 0) is 10.7 Å². The van der Waals surface area contributed by atoms with E-state index in [1.54, 1.807) is 0 Å². The molecule has 3 heterocycles. The summed E-state index contributed by atoms with van der Waals surface area (Å²) in [5, 5.41) is 2.63. The highest BCUT2D eigenvalue weighted by atomic mass is 35.5. The van der Waals surface area contributed by atoms with Gasteiger partial charge in [0.25, 0.3) is 11.8 Å². The molecule has 1 aromatic carbocycles. The number of nitrogens with one attached hydrogen (secondary N) is 1. The largest absolute Gasteiger partial charge is 0.352 e. The number of hydrogen-bond acceptors (Lipinski definition) is 3. The monoisotopic (exact) mass is 437 g/mol. The normalized spacial score (nSPS) is 20.9.